The van der Waals surface area contributed by atoms with E-state index < -0.39 is 94.8 Å². The summed E-state index contributed by atoms with van der Waals surface area (Å²) in [6.07, 6.45) is 0. The molecule has 3 N–H and O–H groups in total. The summed E-state index contributed by atoms with van der Waals surface area (Å²) >= 11 is 0. The number of benzene rings is 3. The molecule has 0 aliphatic rings. The summed E-state index contributed by atoms with van der Waals surface area (Å²) in [7, 11) is -0.334. The number of esters is 3. The first kappa shape index (κ1) is 56.3. The first-order valence-electron chi connectivity index (χ1n) is 12.5. The van der Waals surface area contributed by atoms with E-state index in [0.717, 1.165) is 45.6 Å². The number of hydrogen-bond donors (Lipinski definition) is 3. The van der Waals surface area contributed by atoms with Crippen LogP contribution in [0.4, 0.5) is 33.3 Å². The molecule has 0 aliphatic carbocycles. The van der Waals surface area contributed by atoms with Crippen LogP contribution < -0.4 is 56.1 Å². The Morgan fingerprint density at radius 3 is 1.31 bits per heavy atom. The van der Waals surface area contributed by atoms with Crippen molar-refractivity contribution < 1.29 is 144 Å². The van der Waals surface area contributed by atoms with Crippen molar-refractivity contribution in [1.82, 2.24) is 0 Å². The van der Waals surface area contributed by atoms with Gasteiger partial charge in [-0.2, -0.15) is 12.8 Å². The number of rotatable bonds is 6. The molecule has 0 unspecified atom stereocenters. The van der Waals surface area contributed by atoms with E-state index >= 15 is 0 Å². The molecule has 0 aromatic heterocycles. The molecule has 0 radical (unpaired) electrons. The largest absolute Gasteiger partial charge is 1.00 e. The Kier molecular flexibility index (Phi) is 28.7. The standard InChI is InChI=1S/C9H8FNO5.C8H5F2NO4.C8H6F2O2.CN.K.HNO3.H2O4S/c1-15-8-4-6(10)5(9(12)16-2)3-7(8)11(13)14;1-15-8(12)4-2-7(11(13)14)6(10)3-5(4)9;1-12-8(11)6-3-2-5(9)4-7(6)10;1-2;;2-1(3)4;1-5(2,3)4/h3-4H,1-2H3;2-3H,1H3;2-4H,1H3;;;(H,2,3,4);(H2,1,2,3,4)/q;;;-1;+1;;. The van der Waals surface area contributed by atoms with E-state index in [2.05, 4.69) is 18.9 Å². The van der Waals surface area contributed by atoms with Gasteiger partial charge < -0.3 is 36.0 Å². The second-order valence-electron chi connectivity index (χ2n) is 8.09. The molecule has 29 heteroatoms. The number of carbonyl (C=O) groups is 3. The van der Waals surface area contributed by atoms with Crippen LogP contribution in [0.5, 0.6) is 5.75 Å². The molecular weight excluding hydrogens is 822 g/mol. The average molecular weight is 845 g/mol. The molecule has 0 saturated carbocycles. The SMILES string of the molecule is COC(=O)c1cc([N+](=O)[O-])c(F)cc1F.COC(=O)c1cc([N+](=O)[O-])c(OC)cc1F.COC(=O)c1ccc(F)cc1F.O=S(=O)(O)O.O=[N+]([O-])O.[C-]#N.[K+]. The zero-order chi connectivity index (χ0) is 43.1. The van der Waals surface area contributed by atoms with Gasteiger partial charge in [0.2, 0.25) is 5.82 Å². The van der Waals surface area contributed by atoms with Crippen LogP contribution in [0, 0.1) is 71.3 Å². The molecular formula is C26H22F5KN4O18S. The third-order valence-electron chi connectivity index (χ3n) is 4.85. The zero-order valence-electron chi connectivity index (χ0n) is 28.1. The summed E-state index contributed by atoms with van der Waals surface area (Å²) in [5, 5.41) is 40.8. The number of carbonyl (C=O) groups excluding carboxylic acids is 3. The molecule has 3 rings (SSSR count). The fourth-order valence-corrected chi connectivity index (χ4v) is 2.82. The van der Waals surface area contributed by atoms with Crippen molar-refractivity contribution in [1.29, 1.82) is 5.26 Å². The second kappa shape index (κ2) is 28.0. The Bertz CT molecular complexity index is 1940. The van der Waals surface area contributed by atoms with Gasteiger partial charge in [-0.1, -0.05) is 0 Å². The zero-order valence-corrected chi connectivity index (χ0v) is 32.0. The minimum atomic E-state index is -4.67. The van der Waals surface area contributed by atoms with Crippen LogP contribution in [-0.4, -0.2) is 84.0 Å². The summed E-state index contributed by atoms with van der Waals surface area (Å²) in [6.45, 7) is 4.75. The molecule has 22 nitrogen and oxygen atoms in total. The topological polar surface area (TPSA) is 336 Å². The molecule has 0 amide bonds. The van der Waals surface area contributed by atoms with Crippen molar-refractivity contribution in [3.8, 4) is 5.75 Å². The van der Waals surface area contributed by atoms with E-state index in [1.165, 1.54) is 7.11 Å². The van der Waals surface area contributed by atoms with Gasteiger partial charge in [-0.3, -0.25) is 29.3 Å². The van der Waals surface area contributed by atoms with Gasteiger partial charge in [0.05, 0.1) is 43.8 Å². The van der Waals surface area contributed by atoms with E-state index in [-0.39, 0.29) is 68.8 Å². The van der Waals surface area contributed by atoms with Crippen LogP contribution in [0.15, 0.2) is 42.5 Å². The third-order valence-corrected chi connectivity index (χ3v) is 4.85. The molecule has 0 atom stereocenters. The number of ether oxygens (including phenoxy) is 4. The summed E-state index contributed by atoms with van der Waals surface area (Å²) in [5.74, 6) is -8.27. The minimum absolute atomic E-state index is 0. The van der Waals surface area contributed by atoms with Crippen molar-refractivity contribution >= 4 is 39.7 Å². The summed E-state index contributed by atoms with van der Waals surface area (Å²) in [6, 6.07) is 4.98. The van der Waals surface area contributed by atoms with Crippen molar-refractivity contribution in [2.75, 3.05) is 28.4 Å². The normalized spacial score (nSPS) is 9.11. The van der Waals surface area contributed by atoms with Crippen LogP contribution in [0.2, 0.25) is 0 Å². The third kappa shape index (κ3) is 23.0. The number of nitro benzene ring substituents is 2. The second-order valence-corrected chi connectivity index (χ2v) is 8.98. The van der Waals surface area contributed by atoms with E-state index in [0.29, 0.717) is 12.1 Å². The molecule has 0 spiro atoms. The fraction of sp³-hybridized carbons (Fsp3) is 0.154. The van der Waals surface area contributed by atoms with E-state index in [4.69, 9.17) is 44.7 Å². The van der Waals surface area contributed by atoms with Gasteiger partial charge in [0, 0.05) is 30.3 Å². The van der Waals surface area contributed by atoms with Gasteiger partial charge in [0.15, 0.2) is 5.75 Å². The maximum Gasteiger partial charge on any atom is 1.00 e. The van der Waals surface area contributed by atoms with Crippen LogP contribution >= 0.6 is 0 Å². The predicted molar refractivity (Wildman–Crippen MR) is 161 cm³/mol. The number of hydrogen-bond acceptors (Lipinski definition) is 16. The number of nitrogens with zero attached hydrogens (tertiary/aromatic N) is 4. The van der Waals surface area contributed by atoms with Crippen LogP contribution in [0.3, 0.4) is 0 Å². The fourth-order valence-electron chi connectivity index (χ4n) is 2.82. The first-order chi connectivity index (χ1) is 24.9. The Morgan fingerprint density at radius 2 is 0.982 bits per heavy atom. The van der Waals surface area contributed by atoms with Crippen molar-refractivity contribution in [2.24, 2.45) is 0 Å². The molecule has 0 saturated heterocycles. The quantitative estimate of drug-likeness (QED) is 0.0456. The van der Waals surface area contributed by atoms with Gasteiger partial charge in [0.25, 0.3) is 5.09 Å². The molecule has 0 aliphatic heterocycles. The Hall–Kier alpha value is -5.48. The summed E-state index contributed by atoms with van der Waals surface area (Å²) in [4.78, 5) is 60.2. The minimum Gasteiger partial charge on any atom is -0.512 e. The van der Waals surface area contributed by atoms with Gasteiger partial charge in [-0.25, -0.2) is 31.9 Å². The van der Waals surface area contributed by atoms with Crippen molar-refractivity contribution in [3.05, 3.63) is 125 Å². The predicted octanol–water partition coefficient (Wildman–Crippen LogP) is 1.04. The van der Waals surface area contributed by atoms with Gasteiger partial charge in [-0.05, 0) is 12.1 Å². The molecule has 3 aromatic carbocycles. The molecule has 3 aromatic rings. The maximum absolute atomic E-state index is 13.3. The molecule has 296 valence electrons. The van der Waals surface area contributed by atoms with E-state index in [1.807, 2.05) is 0 Å². The van der Waals surface area contributed by atoms with Crippen LogP contribution in [-0.2, 0) is 24.6 Å². The van der Waals surface area contributed by atoms with Gasteiger partial charge in [-0.15, -0.1) is 10.1 Å². The maximum atomic E-state index is 13.3. The molecule has 55 heavy (non-hydrogen) atoms. The Morgan fingerprint density at radius 1 is 0.655 bits per heavy atom. The Balaban J connectivity index is -0.000000312. The number of methoxy groups -OCH3 is 4. The number of nitro groups is 2. The molecule has 0 fully saturated rings. The first-order valence-corrected chi connectivity index (χ1v) is 13.9. The van der Waals surface area contributed by atoms with Crippen molar-refractivity contribution in [2.45, 2.75) is 0 Å². The van der Waals surface area contributed by atoms with E-state index in [1.54, 1.807) is 0 Å². The average Bonchev–Trinajstić information content (AvgIpc) is 3.07. The van der Waals surface area contributed by atoms with Crippen LogP contribution in [0.25, 0.3) is 0 Å². The monoisotopic (exact) mass is 844 g/mol. The van der Waals surface area contributed by atoms with Crippen molar-refractivity contribution in [3.63, 3.8) is 0 Å². The number of halogens is 5. The van der Waals surface area contributed by atoms with E-state index in [9.17, 15) is 56.6 Å². The summed E-state index contributed by atoms with van der Waals surface area (Å²) in [5.41, 5.74) is -2.92. The molecule has 0 heterocycles. The smallest absolute Gasteiger partial charge is 0.512 e. The summed E-state index contributed by atoms with van der Waals surface area (Å²) < 4.78 is 113. The Labute approximate surface area is 346 Å². The van der Waals surface area contributed by atoms with Crippen LogP contribution in [0.1, 0.15) is 31.1 Å². The van der Waals surface area contributed by atoms with Gasteiger partial charge >= 0.3 is 91.1 Å². The molecule has 0 bridgehead atoms. The van der Waals surface area contributed by atoms with Gasteiger partial charge in [0.1, 0.15) is 34.4 Å².